The SMILES string of the molecule is COc1ccccc1CN(Cc1cccs1)C(=O)[C@@H](NC(=O)c1ccccc1)C(C)C. The molecule has 3 aromatic rings. The summed E-state index contributed by atoms with van der Waals surface area (Å²) < 4.78 is 5.49. The van der Waals surface area contributed by atoms with Crippen molar-refractivity contribution >= 4 is 23.2 Å². The molecule has 0 saturated carbocycles. The Morgan fingerprint density at radius 3 is 2.32 bits per heavy atom. The van der Waals surface area contributed by atoms with Crippen molar-refractivity contribution in [2.24, 2.45) is 5.92 Å². The smallest absolute Gasteiger partial charge is 0.251 e. The summed E-state index contributed by atoms with van der Waals surface area (Å²) in [5.41, 5.74) is 1.46. The predicted octanol–water partition coefficient (Wildman–Crippen LogP) is 4.74. The van der Waals surface area contributed by atoms with Crippen LogP contribution in [-0.2, 0) is 17.9 Å². The van der Waals surface area contributed by atoms with Crippen molar-refractivity contribution in [3.8, 4) is 5.75 Å². The second-order valence-electron chi connectivity index (χ2n) is 7.65. The van der Waals surface area contributed by atoms with E-state index in [1.165, 1.54) is 0 Å². The number of methoxy groups -OCH3 is 1. The van der Waals surface area contributed by atoms with E-state index in [0.717, 1.165) is 16.2 Å². The summed E-state index contributed by atoms with van der Waals surface area (Å²) in [4.78, 5) is 29.3. The monoisotopic (exact) mass is 436 g/mol. The van der Waals surface area contributed by atoms with E-state index in [9.17, 15) is 9.59 Å². The van der Waals surface area contributed by atoms with Crippen molar-refractivity contribution in [3.05, 3.63) is 88.1 Å². The highest BCUT2D eigenvalue weighted by molar-refractivity contribution is 7.09. The molecule has 1 atom stereocenters. The van der Waals surface area contributed by atoms with Gasteiger partial charge in [-0.15, -0.1) is 11.3 Å². The van der Waals surface area contributed by atoms with Crippen molar-refractivity contribution in [2.45, 2.75) is 33.0 Å². The predicted molar refractivity (Wildman–Crippen MR) is 124 cm³/mol. The van der Waals surface area contributed by atoms with Gasteiger partial charge in [-0.2, -0.15) is 0 Å². The summed E-state index contributed by atoms with van der Waals surface area (Å²) in [7, 11) is 1.63. The molecule has 3 rings (SSSR count). The number of ether oxygens (including phenoxy) is 1. The molecule has 0 radical (unpaired) electrons. The maximum absolute atomic E-state index is 13.7. The lowest BCUT2D eigenvalue weighted by atomic mass is 10.0. The molecule has 2 amide bonds. The minimum atomic E-state index is -0.637. The van der Waals surface area contributed by atoms with Crippen molar-refractivity contribution in [1.29, 1.82) is 0 Å². The standard InChI is InChI=1S/C25H28N2O3S/c1-18(2)23(26-24(28)19-10-5-4-6-11-19)25(29)27(17-21-13-9-15-31-21)16-20-12-7-8-14-22(20)30-3/h4-15,18,23H,16-17H2,1-3H3,(H,26,28)/t23-/m0/s1. The van der Waals surface area contributed by atoms with Crippen LogP contribution >= 0.6 is 11.3 Å². The summed E-state index contributed by atoms with van der Waals surface area (Å²) in [6.07, 6.45) is 0. The lowest BCUT2D eigenvalue weighted by molar-refractivity contribution is -0.135. The van der Waals surface area contributed by atoms with Crippen LogP contribution in [0, 0.1) is 5.92 Å². The highest BCUT2D eigenvalue weighted by Crippen LogP contribution is 2.23. The average Bonchev–Trinajstić information content (AvgIpc) is 3.30. The fraction of sp³-hybridized carbons (Fsp3) is 0.280. The molecule has 0 aliphatic carbocycles. The van der Waals surface area contributed by atoms with Gasteiger partial charge in [0.05, 0.1) is 13.7 Å². The van der Waals surface area contributed by atoms with Crippen molar-refractivity contribution in [1.82, 2.24) is 10.2 Å². The largest absolute Gasteiger partial charge is 0.496 e. The molecule has 5 nitrogen and oxygen atoms in total. The van der Waals surface area contributed by atoms with Crippen LogP contribution in [0.2, 0.25) is 0 Å². The first kappa shape index (κ1) is 22.6. The second kappa shape index (κ2) is 10.8. The van der Waals surface area contributed by atoms with Gasteiger partial charge in [0, 0.05) is 22.5 Å². The number of thiophene rings is 1. The number of rotatable bonds is 9. The zero-order valence-electron chi connectivity index (χ0n) is 18.1. The Morgan fingerprint density at radius 2 is 1.68 bits per heavy atom. The summed E-state index contributed by atoms with van der Waals surface area (Å²) in [5, 5.41) is 4.95. The summed E-state index contributed by atoms with van der Waals surface area (Å²) in [5.74, 6) is 0.309. The molecule has 0 unspecified atom stereocenters. The third-order valence-electron chi connectivity index (χ3n) is 5.05. The molecule has 1 N–H and O–H groups in total. The zero-order valence-corrected chi connectivity index (χ0v) is 18.9. The van der Waals surface area contributed by atoms with E-state index < -0.39 is 6.04 Å². The van der Waals surface area contributed by atoms with Crippen LogP contribution in [0.25, 0.3) is 0 Å². The molecule has 31 heavy (non-hydrogen) atoms. The van der Waals surface area contributed by atoms with E-state index >= 15 is 0 Å². The first-order chi connectivity index (χ1) is 15.0. The zero-order chi connectivity index (χ0) is 22.2. The van der Waals surface area contributed by atoms with Gasteiger partial charge in [-0.25, -0.2) is 0 Å². The number of nitrogens with one attached hydrogen (secondary N) is 1. The maximum Gasteiger partial charge on any atom is 0.251 e. The molecule has 6 heteroatoms. The lowest BCUT2D eigenvalue weighted by Crippen LogP contribution is -2.50. The van der Waals surface area contributed by atoms with Crippen molar-refractivity contribution in [2.75, 3.05) is 7.11 Å². The summed E-state index contributed by atoms with van der Waals surface area (Å²) in [6.45, 7) is 4.75. The van der Waals surface area contributed by atoms with Crippen LogP contribution < -0.4 is 10.1 Å². The van der Waals surface area contributed by atoms with Gasteiger partial charge in [0.1, 0.15) is 11.8 Å². The van der Waals surface area contributed by atoms with Crippen molar-refractivity contribution in [3.63, 3.8) is 0 Å². The van der Waals surface area contributed by atoms with E-state index in [0.29, 0.717) is 18.7 Å². The highest BCUT2D eigenvalue weighted by atomic mass is 32.1. The molecule has 2 aromatic carbocycles. The van der Waals surface area contributed by atoms with Gasteiger partial charge >= 0.3 is 0 Å². The van der Waals surface area contributed by atoms with Crippen LogP contribution in [0.4, 0.5) is 0 Å². The molecule has 162 valence electrons. The van der Waals surface area contributed by atoms with E-state index in [1.54, 1.807) is 35.5 Å². The molecule has 0 bridgehead atoms. The molecule has 0 aliphatic rings. The first-order valence-electron chi connectivity index (χ1n) is 10.3. The number of para-hydroxylation sites is 1. The van der Waals surface area contributed by atoms with E-state index in [4.69, 9.17) is 4.74 Å². The number of hydrogen-bond acceptors (Lipinski definition) is 4. The Hall–Kier alpha value is -3.12. The molecule has 0 fully saturated rings. The number of nitrogens with zero attached hydrogens (tertiary/aromatic N) is 1. The highest BCUT2D eigenvalue weighted by Gasteiger charge is 2.29. The molecule has 0 saturated heterocycles. The number of carbonyl (C=O) groups excluding carboxylic acids is 2. The van der Waals surface area contributed by atoms with Gasteiger partial charge in [-0.3, -0.25) is 9.59 Å². The van der Waals surface area contributed by atoms with Crippen LogP contribution in [0.5, 0.6) is 5.75 Å². The fourth-order valence-corrected chi connectivity index (χ4v) is 4.09. The van der Waals surface area contributed by atoms with E-state index in [2.05, 4.69) is 5.32 Å². The Morgan fingerprint density at radius 1 is 0.968 bits per heavy atom. The second-order valence-corrected chi connectivity index (χ2v) is 8.68. The molecule has 1 aromatic heterocycles. The average molecular weight is 437 g/mol. The summed E-state index contributed by atoms with van der Waals surface area (Å²) in [6, 6.07) is 20.0. The quantitative estimate of drug-likeness (QED) is 0.527. The Bertz CT molecular complexity index is 987. The number of carbonyl (C=O) groups is 2. The van der Waals surface area contributed by atoms with Gasteiger partial charge in [-0.05, 0) is 35.6 Å². The van der Waals surface area contributed by atoms with Crippen LogP contribution in [0.1, 0.15) is 34.6 Å². The van der Waals surface area contributed by atoms with Crippen LogP contribution in [0.15, 0.2) is 72.1 Å². The molecule has 1 heterocycles. The molecular weight excluding hydrogens is 408 g/mol. The first-order valence-corrected chi connectivity index (χ1v) is 11.2. The van der Waals surface area contributed by atoms with Gasteiger partial charge in [0.25, 0.3) is 5.91 Å². The third-order valence-corrected chi connectivity index (χ3v) is 5.91. The van der Waals surface area contributed by atoms with Gasteiger partial charge in [-0.1, -0.05) is 56.3 Å². The fourth-order valence-electron chi connectivity index (χ4n) is 3.37. The lowest BCUT2D eigenvalue weighted by Gasteiger charge is -2.30. The summed E-state index contributed by atoms with van der Waals surface area (Å²) >= 11 is 1.61. The molecule has 0 aliphatic heterocycles. The van der Waals surface area contributed by atoms with Gasteiger partial charge in [0.15, 0.2) is 0 Å². The number of benzene rings is 2. The number of hydrogen-bond donors (Lipinski definition) is 1. The van der Waals surface area contributed by atoms with Crippen LogP contribution in [-0.4, -0.2) is 29.9 Å². The maximum atomic E-state index is 13.7. The van der Waals surface area contributed by atoms with Crippen LogP contribution in [0.3, 0.4) is 0 Å². The topological polar surface area (TPSA) is 58.6 Å². The number of amides is 2. The minimum Gasteiger partial charge on any atom is -0.496 e. The van der Waals surface area contributed by atoms with E-state index in [-0.39, 0.29) is 17.7 Å². The molecular formula is C25H28N2O3S. The third kappa shape index (κ3) is 5.95. The Balaban J connectivity index is 1.86. The van der Waals surface area contributed by atoms with Gasteiger partial charge < -0.3 is 15.0 Å². The van der Waals surface area contributed by atoms with Crippen molar-refractivity contribution < 1.29 is 14.3 Å². The Labute approximate surface area is 187 Å². The normalized spacial score (nSPS) is 11.7. The molecule has 0 spiro atoms. The van der Waals surface area contributed by atoms with E-state index in [1.807, 2.05) is 73.8 Å². The Kier molecular flexibility index (Phi) is 7.84. The van der Waals surface area contributed by atoms with Gasteiger partial charge in [0.2, 0.25) is 5.91 Å². The minimum absolute atomic E-state index is 0.0660.